The van der Waals surface area contributed by atoms with Crippen LogP contribution in [0.5, 0.6) is 0 Å². The molecule has 1 aromatic rings. The van der Waals surface area contributed by atoms with Gasteiger partial charge >= 0.3 is 5.97 Å². The van der Waals surface area contributed by atoms with E-state index in [2.05, 4.69) is 5.32 Å². The maximum Gasteiger partial charge on any atom is 0.335 e. The third-order valence-electron chi connectivity index (χ3n) is 2.84. The van der Waals surface area contributed by atoms with Gasteiger partial charge in [-0.2, -0.15) is 0 Å². The van der Waals surface area contributed by atoms with Gasteiger partial charge in [-0.3, -0.25) is 4.79 Å². The van der Waals surface area contributed by atoms with Crippen molar-refractivity contribution in [3.63, 3.8) is 0 Å². The highest BCUT2D eigenvalue weighted by Crippen LogP contribution is 2.19. The molecule has 0 aliphatic rings. The van der Waals surface area contributed by atoms with Gasteiger partial charge in [0.2, 0.25) is 5.91 Å². The highest BCUT2D eigenvalue weighted by molar-refractivity contribution is 5.91. The summed E-state index contributed by atoms with van der Waals surface area (Å²) in [5, 5.41) is 11.7. The molecule has 104 valence electrons. The first-order valence-electron chi connectivity index (χ1n) is 6.14. The van der Waals surface area contributed by atoms with Crippen molar-refractivity contribution in [3.8, 4) is 0 Å². The van der Waals surface area contributed by atoms with E-state index in [9.17, 15) is 9.59 Å². The molecular formula is C13H19N3O3. The molecule has 0 aromatic heterocycles. The lowest BCUT2D eigenvalue weighted by Gasteiger charge is -2.19. The second-order valence-electron chi connectivity index (χ2n) is 4.03. The SMILES string of the molecule is CCN(CC)C(=O)CNc1ccc(C(=O)O)cc1N. The van der Waals surface area contributed by atoms with E-state index in [1.807, 2.05) is 13.8 Å². The Morgan fingerprint density at radius 1 is 1.32 bits per heavy atom. The van der Waals surface area contributed by atoms with Crippen LogP contribution in [-0.4, -0.2) is 41.5 Å². The van der Waals surface area contributed by atoms with E-state index in [1.165, 1.54) is 12.1 Å². The van der Waals surface area contributed by atoms with Gasteiger partial charge in [0.25, 0.3) is 0 Å². The van der Waals surface area contributed by atoms with Crippen LogP contribution in [0.4, 0.5) is 11.4 Å². The number of aromatic carboxylic acids is 1. The molecule has 0 fully saturated rings. The summed E-state index contributed by atoms with van der Waals surface area (Å²) >= 11 is 0. The van der Waals surface area contributed by atoms with Crippen LogP contribution in [-0.2, 0) is 4.79 Å². The van der Waals surface area contributed by atoms with Crippen molar-refractivity contribution in [1.29, 1.82) is 0 Å². The lowest BCUT2D eigenvalue weighted by atomic mass is 10.1. The second kappa shape index (κ2) is 6.63. The van der Waals surface area contributed by atoms with Crippen molar-refractivity contribution >= 4 is 23.3 Å². The molecule has 0 bridgehead atoms. The molecule has 6 heteroatoms. The number of hydrogen-bond acceptors (Lipinski definition) is 4. The summed E-state index contributed by atoms with van der Waals surface area (Å²) in [4.78, 5) is 24.3. The fourth-order valence-corrected chi connectivity index (χ4v) is 1.72. The Morgan fingerprint density at radius 3 is 2.42 bits per heavy atom. The summed E-state index contributed by atoms with van der Waals surface area (Å²) < 4.78 is 0. The number of nitrogens with zero attached hydrogens (tertiary/aromatic N) is 1. The van der Waals surface area contributed by atoms with Crippen molar-refractivity contribution in [3.05, 3.63) is 23.8 Å². The summed E-state index contributed by atoms with van der Waals surface area (Å²) in [6.45, 7) is 5.28. The Labute approximate surface area is 112 Å². The lowest BCUT2D eigenvalue weighted by molar-refractivity contribution is -0.128. The van der Waals surface area contributed by atoms with E-state index in [0.717, 1.165) is 0 Å². The van der Waals surface area contributed by atoms with Gasteiger partial charge in [0.15, 0.2) is 0 Å². The molecule has 0 heterocycles. The third-order valence-corrected chi connectivity index (χ3v) is 2.84. The third kappa shape index (κ3) is 3.87. The van der Waals surface area contributed by atoms with Gasteiger partial charge in [0.05, 0.1) is 23.5 Å². The summed E-state index contributed by atoms with van der Waals surface area (Å²) in [6, 6.07) is 4.38. The van der Waals surface area contributed by atoms with Crippen LogP contribution in [0.1, 0.15) is 24.2 Å². The topological polar surface area (TPSA) is 95.7 Å². The molecule has 0 aliphatic heterocycles. The first-order chi connectivity index (χ1) is 8.99. The minimum absolute atomic E-state index is 0.0216. The monoisotopic (exact) mass is 265 g/mol. The number of nitrogen functional groups attached to an aromatic ring is 1. The minimum atomic E-state index is -1.03. The predicted molar refractivity (Wildman–Crippen MR) is 74.2 cm³/mol. The van der Waals surface area contributed by atoms with Crippen LogP contribution in [0.3, 0.4) is 0 Å². The predicted octanol–water partition coefficient (Wildman–Crippen LogP) is 1.25. The van der Waals surface area contributed by atoms with Crippen LogP contribution in [0.25, 0.3) is 0 Å². The van der Waals surface area contributed by atoms with Crippen LogP contribution in [0, 0.1) is 0 Å². The molecule has 4 N–H and O–H groups in total. The van der Waals surface area contributed by atoms with Crippen molar-refractivity contribution in [1.82, 2.24) is 4.90 Å². The van der Waals surface area contributed by atoms with Gasteiger partial charge < -0.3 is 21.1 Å². The average Bonchev–Trinajstić information content (AvgIpc) is 2.38. The van der Waals surface area contributed by atoms with Gasteiger partial charge in [-0.1, -0.05) is 0 Å². The molecule has 1 aromatic carbocycles. The number of rotatable bonds is 6. The van der Waals surface area contributed by atoms with Gasteiger partial charge in [0.1, 0.15) is 0 Å². The fraction of sp³-hybridized carbons (Fsp3) is 0.385. The maximum atomic E-state index is 11.8. The quantitative estimate of drug-likeness (QED) is 0.673. The zero-order valence-electron chi connectivity index (χ0n) is 11.1. The number of carbonyl (C=O) groups excluding carboxylic acids is 1. The molecule has 0 saturated carbocycles. The number of anilines is 2. The second-order valence-corrected chi connectivity index (χ2v) is 4.03. The van der Waals surface area contributed by atoms with Crippen LogP contribution in [0.15, 0.2) is 18.2 Å². The van der Waals surface area contributed by atoms with Crippen molar-refractivity contribution in [2.75, 3.05) is 30.7 Å². The van der Waals surface area contributed by atoms with E-state index in [0.29, 0.717) is 24.5 Å². The number of carbonyl (C=O) groups is 2. The Bertz CT molecular complexity index is 470. The molecule has 6 nitrogen and oxygen atoms in total. The molecule has 19 heavy (non-hydrogen) atoms. The van der Waals surface area contributed by atoms with Crippen molar-refractivity contribution < 1.29 is 14.7 Å². The highest BCUT2D eigenvalue weighted by atomic mass is 16.4. The van der Waals surface area contributed by atoms with Gasteiger partial charge in [0, 0.05) is 13.1 Å². The Hall–Kier alpha value is -2.24. The zero-order chi connectivity index (χ0) is 14.4. The molecular weight excluding hydrogens is 246 g/mol. The number of likely N-dealkylation sites (N-methyl/N-ethyl adjacent to an activating group) is 1. The van der Waals surface area contributed by atoms with E-state index in [1.54, 1.807) is 11.0 Å². The molecule has 0 radical (unpaired) electrons. The first-order valence-corrected chi connectivity index (χ1v) is 6.14. The average molecular weight is 265 g/mol. The van der Waals surface area contributed by atoms with E-state index in [-0.39, 0.29) is 18.0 Å². The fourth-order valence-electron chi connectivity index (χ4n) is 1.72. The van der Waals surface area contributed by atoms with E-state index < -0.39 is 5.97 Å². The van der Waals surface area contributed by atoms with E-state index >= 15 is 0 Å². The molecule has 0 aliphatic carbocycles. The van der Waals surface area contributed by atoms with Crippen LogP contribution >= 0.6 is 0 Å². The molecule has 1 rings (SSSR count). The molecule has 1 amide bonds. The van der Waals surface area contributed by atoms with Crippen LogP contribution < -0.4 is 11.1 Å². The lowest BCUT2D eigenvalue weighted by Crippen LogP contribution is -2.35. The Kier molecular flexibility index (Phi) is 5.17. The number of amides is 1. The van der Waals surface area contributed by atoms with Crippen molar-refractivity contribution in [2.24, 2.45) is 0 Å². The zero-order valence-corrected chi connectivity index (χ0v) is 11.1. The highest BCUT2D eigenvalue weighted by Gasteiger charge is 2.10. The summed E-state index contributed by atoms with van der Waals surface area (Å²) in [7, 11) is 0. The Balaban J connectivity index is 2.68. The largest absolute Gasteiger partial charge is 0.478 e. The standard InChI is InChI=1S/C13H19N3O3/c1-3-16(4-2)12(17)8-15-11-6-5-9(13(18)19)7-10(11)14/h5-7,15H,3-4,8,14H2,1-2H3,(H,18,19). The van der Waals surface area contributed by atoms with E-state index in [4.69, 9.17) is 10.8 Å². The molecule has 0 spiro atoms. The molecule has 0 saturated heterocycles. The van der Waals surface area contributed by atoms with Gasteiger partial charge in [-0.25, -0.2) is 4.79 Å². The summed E-state index contributed by atoms with van der Waals surface area (Å²) in [6.07, 6.45) is 0. The number of nitrogens with two attached hydrogens (primary N) is 1. The Morgan fingerprint density at radius 2 is 1.95 bits per heavy atom. The van der Waals surface area contributed by atoms with Crippen LogP contribution in [0.2, 0.25) is 0 Å². The number of benzene rings is 1. The van der Waals surface area contributed by atoms with Gasteiger partial charge in [-0.15, -0.1) is 0 Å². The summed E-state index contributed by atoms with van der Waals surface area (Å²) in [5.41, 5.74) is 6.73. The van der Waals surface area contributed by atoms with Crippen molar-refractivity contribution in [2.45, 2.75) is 13.8 Å². The van der Waals surface area contributed by atoms with Gasteiger partial charge in [-0.05, 0) is 32.0 Å². The minimum Gasteiger partial charge on any atom is -0.478 e. The number of carboxylic acid groups (broad SMARTS) is 1. The normalized spacial score (nSPS) is 10.0. The smallest absolute Gasteiger partial charge is 0.335 e. The molecule has 0 atom stereocenters. The summed E-state index contributed by atoms with van der Waals surface area (Å²) in [5.74, 6) is -1.05. The maximum absolute atomic E-state index is 11.8. The number of hydrogen-bond donors (Lipinski definition) is 3. The first kappa shape index (κ1) is 14.8. The molecule has 0 unspecified atom stereocenters. The number of carboxylic acids is 1. The number of nitrogens with one attached hydrogen (secondary N) is 1.